The Morgan fingerprint density at radius 1 is 0.903 bits per heavy atom. The van der Waals surface area contributed by atoms with Gasteiger partial charge in [-0.2, -0.15) is 0 Å². The molecule has 3 aromatic rings. The number of benzene rings is 3. The fourth-order valence-corrected chi connectivity index (χ4v) is 3.54. The van der Waals surface area contributed by atoms with Crippen LogP contribution in [0.5, 0.6) is 5.75 Å². The highest BCUT2D eigenvalue weighted by Crippen LogP contribution is 2.39. The second-order valence-electron chi connectivity index (χ2n) is 6.60. The van der Waals surface area contributed by atoms with Crippen molar-refractivity contribution in [2.75, 3.05) is 17.3 Å². The van der Waals surface area contributed by atoms with Crippen molar-refractivity contribution < 1.29 is 23.1 Å². The van der Waals surface area contributed by atoms with Crippen molar-refractivity contribution in [2.45, 2.75) is 0 Å². The molecule has 5 nitrogen and oxygen atoms in total. The van der Waals surface area contributed by atoms with Crippen molar-refractivity contribution >= 4 is 40.4 Å². The van der Waals surface area contributed by atoms with Crippen LogP contribution in [-0.2, 0) is 9.59 Å². The lowest BCUT2D eigenvalue weighted by Gasteiger charge is -2.17. The predicted molar refractivity (Wildman–Crippen MR) is 114 cm³/mol. The van der Waals surface area contributed by atoms with E-state index in [2.05, 4.69) is 5.32 Å². The van der Waals surface area contributed by atoms with E-state index in [0.717, 1.165) is 17.0 Å². The summed E-state index contributed by atoms with van der Waals surface area (Å²) in [6.45, 7) is 0. The largest absolute Gasteiger partial charge is 0.496 e. The summed E-state index contributed by atoms with van der Waals surface area (Å²) < 4.78 is 32.4. The Kier molecular flexibility index (Phi) is 5.44. The van der Waals surface area contributed by atoms with Gasteiger partial charge in [0.25, 0.3) is 11.8 Å². The van der Waals surface area contributed by atoms with Crippen molar-refractivity contribution in [3.63, 3.8) is 0 Å². The van der Waals surface area contributed by atoms with Crippen molar-refractivity contribution in [1.29, 1.82) is 0 Å². The van der Waals surface area contributed by atoms with Crippen LogP contribution in [0.1, 0.15) is 5.56 Å². The van der Waals surface area contributed by atoms with Crippen LogP contribution in [-0.4, -0.2) is 18.9 Å². The number of carbonyl (C=O) groups is 2. The number of hydrogen-bond acceptors (Lipinski definition) is 4. The SMILES string of the molecule is COc1ccccc1C1=C(Nc2ccc(F)c(F)c2)C(=O)N(c2ccccc2Cl)C1=O. The lowest BCUT2D eigenvalue weighted by atomic mass is 10.0. The van der Waals surface area contributed by atoms with Gasteiger partial charge in [-0.15, -0.1) is 0 Å². The zero-order valence-electron chi connectivity index (χ0n) is 16.2. The van der Waals surface area contributed by atoms with Crippen LogP contribution in [0.2, 0.25) is 5.02 Å². The van der Waals surface area contributed by atoms with Crippen molar-refractivity contribution in [3.05, 3.63) is 94.6 Å². The molecule has 0 spiro atoms. The molecule has 3 aromatic carbocycles. The third-order valence-corrected chi connectivity index (χ3v) is 5.06. The van der Waals surface area contributed by atoms with Gasteiger partial charge < -0.3 is 10.1 Å². The van der Waals surface area contributed by atoms with Gasteiger partial charge in [-0.1, -0.05) is 41.9 Å². The third kappa shape index (κ3) is 3.64. The standard InChI is InChI=1S/C23H15ClF2N2O3/c1-31-19-9-5-2-6-14(19)20-21(27-13-10-11-16(25)17(26)12-13)23(30)28(22(20)29)18-8-4-3-7-15(18)24/h2-12,27H,1H3. The number of ether oxygens (including phenoxy) is 1. The summed E-state index contributed by atoms with van der Waals surface area (Å²) in [5.41, 5.74) is 0.577. The zero-order chi connectivity index (χ0) is 22.1. The molecule has 0 saturated heterocycles. The molecule has 1 heterocycles. The summed E-state index contributed by atoms with van der Waals surface area (Å²) in [5, 5.41) is 2.98. The number of methoxy groups -OCH3 is 1. The van der Waals surface area contributed by atoms with Gasteiger partial charge in [-0.3, -0.25) is 9.59 Å². The first-order valence-electron chi connectivity index (χ1n) is 9.15. The minimum atomic E-state index is -1.09. The van der Waals surface area contributed by atoms with Crippen molar-refractivity contribution in [1.82, 2.24) is 0 Å². The van der Waals surface area contributed by atoms with Gasteiger partial charge in [-0.05, 0) is 30.3 Å². The molecule has 2 amide bonds. The molecule has 0 bridgehead atoms. The number of hydrogen-bond donors (Lipinski definition) is 1. The minimum absolute atomic E-state index is 0.0205. The van der Waals surface area contributed by atoms with Crippen LogP contribution in [0.3, 0.4) is 0 Å². The molecule has 156 valence electrons. The second-order valence-corrected chi connectivity index (χ2v) is 7.01. The summed E-state index contributed by atoms with van der Waals surface area (Å²) >= 11 is 6.23. The van der Waals surface area contributed by atoms with Gasteiger partial charge >= 0.3 is 0 Å². The van der Waals surface area contributed by atoms with Gasteiger partial charge in [0.05, 0.1) is 23.4 Å². The first-order valence-corrected chi connectivity index (χ1v) is 9.53. The maximum absolute atomic E-state index is 13.7. The second kappa shape index (κ2) is 8.20. The normalized spacial score (nSPS) is 13.7. The molecule has 0 radical (unpaired) electrons. The molecule has 1 N–H and O–H groups in total. The van der Waals surface area contributed by atoms with Gasteiger partial charge in [0.2, 0.25) is 0 Å². The Morgan fingerprint density at radius 2 is 1.61 bits per heavy atom. The summed E-state index contributed by atoms with van der Waals surface area (Å²) in [6, 6.07) is 16.2. The monoisotopic (exact) mass is 440 g/mol. The van der Waals surface area contributed by atoms with Crippen LogP contribution < -0.4 is 15.0 Å². The number of para-hydroxylation sites is 2. The maximum Gasteiger partial charge on any atom is 0.282 e. The summed E-state index contributed by atoms with van der Waals surface area (Å²) in [6.07, 6.45) is 0. The predicted octanol–water partition coefficient (Wildman–Crippen LogP) is 5.02. The van der Waals surface area contributed by atoms with Gasteiger partial charge in [0.1, 0.15) is 11.4 Å². The van der Waals surface area contributed by atoms with Crippen molar-refractivity contribution in [3.8, 4) is 5.75 Å². The van der Waals surface area contributed by atoms with E-state index in [1.165, 1.54) is 13.2 Å². The van der Waals surface area contributed by atoms with E-state index < -0.39 is 23.4 Å². The van der Waals surface area contributed by atoms with E-state index >= 15 is 0 Å². The van der Waals surface area contributed by atoms with Crippen molar-refractivity contribution in [2.24, 2.45) is 0 Å². The fraction of sp³-hybridized carbons (Fsp3) is 0.0435. The lowest BCUT2D eigenvalue weighted by molar-refractivity contribution is -0.120. The molecule has 1 aliphatic rings. The maximum atomic E-state index is 13.7. The fourth-order valence-electron chi connectivity index (χ4n) is 3.32. The van der Waals surface area contributed by atoms with Gasteiger partial charge in [0.15, 0.2) is 11.6 Å². The highest BCUT2D eigenvalue weighted by Gasteiger charge is 2.42. The number of imide groups is 1. The highest BCUT2D eigenvalue weighted by atomic mass is 35.5. The quantitative estimate of drug-likeness (QED) is 0.566. The number of halogens is 3. The zero-order valence-corrected chi connectivity index (χ0v) is 16.9. The summed E-state index contributed by atoms with van der Waals surface area (Å²) in [4.78, 5) is 27.7. The molecule has 8 heteroatoms. The number of rotatable bonds is 5. The Bertz CT molecular complexity index is 1240. The Labute approximate surface area is 181 Å². The summed E-state index contributed by atoms with van der Waals surface area (Å²) in [7, 11) is 1.44. The Morgan fingerprint density at radius 3 is 2.32 bits per heavy atom. The van der Waals surface area contributed by atoms with Crippen LogP contribution >= 0.6 is 11.6 Å². The molecule has 0 fully saturated rings. The molecule has 0 saturated carbocycles. The molecule has 0 aromatic heterocycles. The van der Waals surface area contributed by atoms with Crippen LogP contribution in [0.25, 0.3) is 5.57 Å². The smallest absolute Gasteiger partial charge is 0.282 e. The first-order chi connectivity index (χ1) is 14.9. The Balaban J connectivity index is 1.88. The molecule has 4 rings (SSSR count). The van der Waals surface area contributed by atoms with Crippen LogP contribution in [0.15, 0.2) is 72.4 Å². The van der Waals surface area contributed by atoms with Gasteiger partial charge in [-0.25, -0.2) is 13.7 Å². The highest BCUT2D eigenvalue weighted by molar-refractivity contribution is 6.48. The molecule has 0 unspecified atom stereocenters. The number of nitrogens with zero attached hydrogens (tertiary/aromatic N) is 1. The number of carbonyl (C=O) groups excluding carboxylic acids is 2. The van der Waals surface area contributed by atoms with E-state index in [1.807, 2.05) is 0 Å². The molecule has 1 aliphatic heterocycles. The van der Waals surface area contributed by atoms with E-state index in [0.29, 0.717) is 11.3 Å². The third-order valence-electron chi connectivity index (χ3n) is 4.74. The van der Waals surface area contributed by atoms with Crippen LogP contribution in [0.4, 0.5) is 20.2 Å². The number of amides is 2. The Hall–Kier alpha value is -3.71. The molecule has 0 atom stereocenters. The lowest BCUT2D eigenvalue weighted by Crippen LogP contribution is -2.32. The van der Waals surface area contributed by atoms with E-state index in [4.69, 9.17) is 16.3 Å². The van der Waals surface area contributed by atoms with E-state index in [-0.39, 0.29) is 27.7 Å². The molecular weight excluding hydrogens is 426 g/mol. The molecule has 0 aliphatic carbocycles. The molecule has 31 heavy (non-hydrogen) atoms. The topological polar surface area (TPSA) is 58.6 Å². The van der Waals surface area contributed by atoms with Gasteiger partial charge in [0, 0.05) is 17.3 Å². The summed E-state index contributed by atoms with van der Waals surface area (Å²) in [5.74, 6) is -3.08. The first kappa shape index (κ1) is 20.6. The number of nitrogens with one attached hydrogen (secondary N) is 1. The average molecular weight is 441 g/mol. The number of anilines is 2. The van der Waals surface area contributed by atoms with E-state index in [1.54, 1.807) is 48.5 Å². The van der Waals surface area contributed by atoms with Crippen LogP contribution in [0, 0.1) is 11.6 Å². The molecular formula is C23H15ClF2N2O3. The average Bonchev–Trinajstić information content (AvgIpc) is 3.00. The minimum Gasteiger partial charge on any atom is -0.496 e. The van der Waals surface area contributed by atoms with E-state index in [9.17, 15) is 18.4 Å².